The third kappa shape index (κ3) is 3.79. The fraction of sp³-hybridized carbons (Fsp3) is 0.333. The molecule has 140 valence electrons. The average molecular weight is 361 g/mol. The number of aryl methyl sites for hydroxylation is 3. The second-order valence-electron chi connectivity index (χ2n) is 7.62. The molecule has 0 radical (unpaired) electrons. The Morgan fingerprint density at radius 2 is 1.70 bits per heavy atom. The lowest BCUT2D eigenvalue weighted by atomic mass is 10.00. The standard InChI is InChI=1S/C24H28N2O/c1-18-14-19(2)16-20(15-18)17-26-13-5-12-25-11-4-6-23(25)24(26)21-7-9-22(27-3)10-8-21/h4,6-11,14-16,24H,5,12-13,17H2,1-3H3/t24-/m1/s1. The number of nitrogens with zero attached hydrogens (tertiary/aromatic N) is 2. The van der Waals surface area contributed by atoms with Crippen LogP contribution in [-0.4, -0.2) is 23.1 Å². The zero-order valence-electron chi connectivity index (χ0n) is 16.5. The van der Waals surface area contributed by atoms with E-state index in [1.165, 1.54) is 34.4 Å². The lowest BCUT2D eigenvalue weighted by Gasteiger charge is -2.31. The van der Waals surface area contributed by atoms with Crippen LogP contribution >= 0.6 is 0 Å². The van der Waals surface area contributed by atoms with E-state index in [0.717, 1.165) is 25.4 Å². The molecule has 2 aromatic carbocycles. The Kier molecular flexibility index (Phi) is 5.04. The molecule has 0 aliphatic carbocycles. The zero-order chi connectivity index (χ0) is 18.8. The van der Waals surface area contributed by atoms with E-state index in [1.807, 2.05) is 0 Å². The molecule has 27 heavy (non-hydrogen) atoms. The molecule has 1 aliphatic heterocycles. The fourth-order valence-corrected chi connectivity index (χ4v) is 4.37. The summed E-state index contributed by atoms with van der Waals surface area (Å²) in [7, 11) is 1.72. The first kappa shape index (κ1) is 17.9. The van der Waals surface area contributed by atoms with E-state index in [2.05, 4.69) is 84.1 Å². The van der Waals surface area contributed by atoms with Crippen molar-refractivity contribution in [2.45, 2.75) is 39.4 Å². The molecule has 1 aromatic heterocycles. The first-order valence-electron chi connectivity index (χ1n) is 9.74. The van der Waals surface area contributed by atoms with Crippen LogP contribution in [0.25, 0.3) is 0 Å². The largest absolute Gasteiger partial charge is 0.497 e. The van der Waals surface area contributed by atoms with Crippen molar-refractivity contribution in [1.82, 2.24) is 9.47 Å². The summed E-state index contributed by atoms with van der Waals surface area (Å²) in [5.41, 5.74) is 6.77. The second kappa shape index (κ2) is 7.61. The molecule has 0 N–H and O–H groups in total. The van der Waals surface area contributed by atoms with Gasteiger partial charge in [0.1, 0.15) is 5.75 Å². The summed E-state index contributed by atoms with van der Waals surface area (Å²) in [4.78, 5) is 2.62. The van der Waals surface area contributed by atoms with Gasteiger partial charge in [0.05, 0.1) is 13.2 Å². The molecule has 3 nitrogen and oxygen atoms in total. The van der Waals surface area contributed by atoms with Gasteiger partial charge in [0.25, 0.3) is 0 Å². The predicted octanol–water partition coefficient (Wildman–Crippen LogP) is 5.11. The number of hydrogen-bond acceptors (Lipinski definition) is 2. The Bertz CT molecular complexity index is 890. The van der Waals surface area contributed by atoms with E-state index in [1.54, 1.807) is 7.11 Å². The van der Waals surface area contributed by atoms with Crippen LogP contribution in [0.1, 0.15) is 40.4 Å². The molecule has 0 bridgehead atoms. The third-order valence-electron chi connectivity index (χ3n) is 5.45. The smallest absolute Gasteiger partial charge is 0.118 e. The number of rotatable bonds is 4. The van der Waals surface area contributed by atoms with E-state index in [-0.39, 0.29) is 6.04 Å². The minimum absolute atomic E-state index is 0.259. The molecule has 1 aliphatic rings. The highest BCUT2D eigenvalue weighted by atomic mass is 16.5. The van der Waals surface area contributed by atoms with E-state index in [4.69, 9.17) is 4.74 Å². The molecular weight excluding hydrogens is 332 g/mol. The number of methoxy groups -OCH3 is 1. The number of aromatic nitrogens is 1. The minimum Gasteiger partial charge on any atom is -0.497 e. The molecule has 3 heteroatoms. The van der Waals surface area contributed by atoms with Crippen molar-refractivity contribution in [1.29, 1.82) is 0 Å². The second-order valence-corrected chi connectivity index (χ2v) is 7.62. The van der Waals surface area contributed by atoms with Gasteiger partial charge in [-0.05, 0) is 55.7 Å². The molecule has 1 atom stereocenters. The van der Waals surface area contributed by atoms with Crippen molar-refractivity contribution in [3.63, 3.8) is 0 Å². The van der Waals surface area contributed by atoms with Gasteiger partial charge in [0, 0.05) is 31.5 Å². The van der Waals surface area contributed by atoms with Gasteiger partial charge in [-0.25, -0.2) is 0 Å². The maximum absolute atomic E-state index is 5.37. The molecule has 2 heterocycles. The zero-order valence-corrected chi connectivity index (χ0v) is 16.5. The molecular formula is C24H28N2O. The van der Waals surface area contributed by atoms with Crippen molar-refractivity contribution in [3.05, 3.63) is 88.7 Å². The summed E-state index contributed by atoms with van der Waals surface area (Å²) in [5.74, 6) is 0.906. The van der Waals surface area contributed by atoms with Crippen LogP contribution in [0.2, 0.25) is 0 Å². The predicted molar refractivity (Wildman–Crippen MR) is 110 cm³/mol. The number of fused-ring (bicyclic) bond motifs is 1. The molecule has 0 saturated heterocycles. The van der Waals surface area contributed by atoms with Crippen LogP contribution in [0.15, 0.2) is 60.8 Å². The highest BCUT2D eigenvalue weighted by Crippen LogP contribution is 2.34. The molecule has 0 fully saturated rings. The van der Waals surface area contributed by atoms with Crippen LogP contribution in [0.3, 0.4) is 0 Å². The molecule has 4 rings (SSSR count). The van der Waals surface area contributed by atoms with Crippen molar-refractivity contribution in [2.24, 2.45) is 0 Å². The first-order chi connectivity index (χ1) is 13.1. The van der Waals surface area contributed by atoms with Gasteiger partial charge in [-0.2, -0.15) is 0 Å². The average Bonchev–Trinajstić information content (AvgIpc) is 3.03. The van der Waals surface area contributed by atoms with Gasteiger partial charge in [0.15, 0.2) is 0 Å². The van der Waals surface area contributed by atoms with E-state index in [0.29, 0.717) is 0 Å². The van der Waals surface area contributed by atoms with Crippen LogP contribution in [0.4, 0.5) is 0 Å². The third-order valence-corrected chi connectivity index (χ3v) is 5.45. The van der Waals surface area contributed by atoms with Crippen molar-refractivity contribution < 1.29 is 4.74 Å². The summed E-state index contributed by atoms with van der Waals surface area (Å²) in [6.45, 7) is 7.50. The highest BCUT2D eigenvalue weighted by Gasteiger charge is 2.27. The summed E-state index contributed by atoms with van der Waals surface area (Å²) < 4.78 is 7.78. The summed E-state index contributed by atoms with van der Waals surface area (Å²) in [6.07, 6.45) is 3.38. The van der Waals surface area contributed by atoms with Crippen LogP contribution in [0.5, 0.6) is 5.75 Å². The Morgan fingerprint density at radius 1 is 0.963 bits per heavy atom. The Morgan fingerprint density at radius 3 is 2.41 bits per heavy atom. The van der Waals surface area contributed by atoms with E-state index >= 15 is 0 Å². The van der Waals surface area contributed by atoms with Gasteiger partial charge in [-0.15, -0.1) is 0 Å². The molecule has 0 amide bonds. The van der Waals surface area contributed by atoms with Crippen molar-refractivity contribution in [2.75, 3.05) is 13.7 Å². The normalized spacial score (nSPS) is 17.4. The Labute approximate surface area is 162 Å². The van der Waals surface area contributed by atoms with Crippen molar-refractivity contribution in [3.8, 4) is 5.75 Å². The van der Waals surface area contributed by atoms with Gasteiger partial charge in [-0.1, -0.05) is 41.5 Å². The summed E-state index contributed by atoms with van der Waals surface area (Å²) in [6, 6.07) is 20.2. The minimum atomic E-state index is 0.259. The SMILES string of the molecule is COc1ccc([C@@H]2c3cccn3CCCN2Cc2cc(C)cc(C)c2)cc1. The van der Waals surface area contributed by atoms with Crippen LogP contribution in [0, 0.1) is 13.8 Å². The Hall–Kier alpha value is -2.52. The number of hydrogen-bond donors (Lipinski definition) is 0. The number of ether oxygens (including phenoxy) is 1. The first-order valence-corrected chi connectivity index (χ1v) is 9.74. The van der Waals surface area contributed by atoms with Gasteiger partial charge >= 0.3 is 0 Å². The maximum atomic E-state index is 5.37. The van der Waals surface area contributed by atoms with Crippen LogP contribution < -0.4 is 4.74 Å². The lowest BCUT2D eigenvalue weighted by molar-refractivity contribution is 0.220. The van der Waals surface area contributed by atoms with Gasteiger partial charge in [0.2, 0.25) is 0 Å². The number of benzene rings is 2. The quantitative estimate of drug-likeness (QED) is 0.643. The topological polar surface area (TPSA) is 17.4 Å². The summed E-state index contributed by atoms with van der Waals surface area (Å²) >= 11 is 0. The van der Waals surface area contributed by atoms with E-state index < -0.39 is 0 Å². The lowest BCUT2D eigenvalue weighted by Crippen LogP contribution is -2.29. The Balaban J connectivity index is 1.73. The summed E-state index contributed by atoms with van der Waals surface area (Å²) in [5, 5.41) is 0. The molecule has 3 aromatic rings. The van der Waals surface area contributed by atoms with E-state index in [9.17, 15) is 0 Å². The molecule has 0 spiro atoms. The molecule has 0 saturated carbocycles. The van der Waals surface area contributed by atoms with Gasteiger partial charge in [-0.3, -0.25) is 4.90 Å². The molecule has 0 unspecified atom stereocenters. The van der Waals surface area contributed by atoms with Gasteiger partial charge < -0.3 is 9.30 Å². The van der Waals surface area contributed by atoms with Crippen molar-refractivity contribution >= 4 is 0 Å². The van der Waals surface area contributed by atoms with Crippen LogP contribution in [-0.2, 0) is 13.1 Å². The fourth-order valence-electron chi connectivity index (χ4n) is 4.37. The maximum Gasteiger partial charge on any atom is 0.118 e. The highest BCUT2D eigenvalue weighted by molar-refractivity contribution is 5.35. The monoisotopic (exact) mass is 360 g/mol.